The maximum Gasteiger partial charge on any atom is 0.196 e. The molecule has 2 heteroatoms. The number of alkyl halides is 1. The quantitative estimate of drug-likeness (QED) is 0.452. The monoisotopic (exact) mass is 76.0 g/mol. The summed E-state index contributed by atoms with van der Waals surface area (Å²) < 4.78 is 14.7. The number of hydrogen-bond donors (Lipinski definition) is 0. The first-order valence-electron chi connectivity index (χ1n) is 1.27. The van der Waals surface area contributed by atoms with Crippen molar-refractivity contribution >= 4 is 0 Å². The summed E-state index contributed by atoms with van der Waals surface area (Å²) in [6.45, 7) is 1.21. The molecule has 0 saturated carbocycles. The van der Waals surface area contributed by atoms with Crippen LogP contribution in [0, 0.1) is 7.11 Å². The third kappa shape index (κ3) is 3.89. The van der Waals surface area contributed by atoms with E-state index in [0.29, 0.717) is 0 Å². The van der Waals surface area contributed by atoms with Gasteiger partial charge in [0.2, 0.25) is 0 Å². The smallest absolute Gasteiger partial charge is 0.196 e. The summed E-state index contributed by atoms with van der Waals surface area (Å²) in [4.78, 5) is 0. The van der Waals surface area contributed by atoms with Gasteiger partial charge in [-0.1, -0.05) is 0 Å². The Morgan fingerprint density at radius 3 is 2.20 bits per heavy atom. The topological polar surface area (TPSA) is 9.23 Å². The first-order chi connectivity index (χ1) is 2.27. The van der Waals surface area contributed by atoms with Gasteiger partial charge in [0.05, 0.1) is 0 Å². The second-order valence-electron chi connectivity index (χ2n) is 0.679. The Hall–Kier alpha value is -0.110. The van der Waals surface area contributed by atoms with Crippen LogP contribution in [-0.2, 0) is 4.74 Å². The lowest BCUT2D eigenvalue weighted by atomic mass is 10.8. The van der Waals surface area contributed by atoms with E-state index >= 15 is 0 Å². The molecule has 0 spiro atoms. The van der Waals surface area contributed by atoms with Gasteiger partial charge in [-0.05, 0) is 6.92 Å². The van der Waals surface area contributed by atoms with Crippen LogP contribution >= 0.6 is 0 Å². The molecule has 30 valence electrons. The summed E-state index contributed by atoms with van der Waals surface area (Å²) in [7, 11) is 4.30. The van der Waals surface area contributed by atoms with Crippen molar-refractivity contribution in [2.75, 3.05) is 0 Å². The van der Waals surface area contributed by atoms with E-state index in [-0.39, 0.29) is 0 Å². The SMILES string of the molecule is [CH]OC(C)F. The standard InChI is InChI=1S/C3H5FO/c1-3(4)5-2/h2-3H,1H3. The van der Waals surface area contributed by atoms with Gasteiger partial charge >= 0.3 is 0 Å². The van der Waals surface area contributed by atoms with Crippen LogP contribution in [0.3, 0.4) is 0 Å². The molecule has 1 unspecified atom stereocenters. The predicted molar refractivity (Wildman–Crippen MR) is 16.0 cm³/mol. The van der Waals surface area contributed by atoms with Gasteiger partial charge in [0.25, 0.3) is 0 Å². The van der Waals surface area contributed by atoms with Crippen LogP contribution in [-0.4, -0.2) is 6.36 Å². The highest BCUT2D eigenvalue weighted by Gasteiger charge is 1.85. The van der Waals surface area contributed by atoms with Crippen molar-refractivity contribution in [1.82, 2.24) is 0 Å². The number of hydrogen-bond acceptors (Lipinski definition) is 1. The average molecular weight is 76.1 g/mol. The van der Waals surface area contributed by atoms with Crippen molar-refractivity contribution in [1.29, 1.82) is 0 Å². The summed E-state index contributed by atoms with van der Waals surface area (Å²) in [6, 6.07) is 0. The van der Waals surface area contributed by atoms with Crippen LogP contribution in [0.1, 0.15) is 6.92 Å². The Balaban J connectivity index is 2.54. The molecule has 0 aliphatic heterocycles. The van der Waals surface area contributed by atoms with Crippen LogP contribution < -0.4 is 0 Å². The molecule has 1 atom stereocenters. The fourth-order valence-corrected chi connectivity index (χ4v) is 0. The van der Waals surface area contributed by atoms with Crippen LogP contribution in [0.2, 0.25) is 0 Å². The fraction of sp³-hybridized carbons (Fsp3) is 0.667. The summed E-state index contributed by atoms with van der Waals surface area (Å²) in [5, 5.41) is 0. The first-order valence-corrected chi connectivity index (χ1v) is 1.27. The van der Waals surface area contributed by atoms with Gasteiger partial charge in [0.15, 0.2) is 6.36 Å². The van der Waals surface area contributed by atoms with E-state index in [4.69, 9.17) is 0 Å². The summed E-state index contributed by atoms with van der Waals surface area (Å²) in [5.41, 5.74) is 0. The minimum atomic E-state index is -1.34. The van der Waals surface area contributed by atoms with E-state index in [0.717, 1.165) is 0 Å². The second-order valence-corrected chi connectivity index (χ2v) is 0.679. The van der Waals surface area contributed by atoms with Crippen molar-refractivity contribution in [2.24, 2.45) is 0 Å². The van der Waals surface area contributed by atoms with Crippen LogP contribution in [0.5, 0.6) is 0 Å². The zero-order valence-electron chi connectivity index (χ0n) is 2.94. The number of ether oxygens (including phenoxy) is 1. The van der Waals surface area contributed by atoms with Crippen molar-refractivity contribution in [3.05, 3.63) is 7.11 Å². The lowest BCUT2D eigenvalue weighted by molar-refractivity contribution is 0.0371. The molecule has 0 rings (SSSR count). The van der Waals surface area contributed by atoms with Crippen molar-refractivity contribution in [2.45, 2.75) is 13.3 Å². The first kappa shape index (κ1) is 4.89. The molecular weight excluding hydrogens is 71.0 g/mol. The third-order valence-electron chi connectivity index (χ3n) is 0.188. The molecule has 1 nitrogen and oxygen atoms in total. The van der Waals surface area contributed by atoms with Crippen molar-refractivity contribution in [3.63, 3.8) is 0 Å². The molecule has 0 aromatic rings. The van der Waals surface area contributed by atoms with E-state index in [9.17, 15) is 4.39 Å². The Morgan fingerprint density at radius 1 is 2.00 bits per heavy atom. The number of rotatable bonds is 1. The van der Waals surface area contributed by atoms with Gasteiger partial charge < -0.3 is 4.74 Å². The molecule has 2 radical (unpaired) electrons. The minimum absolute atomic E-state index is 1.21. The maximum absolute atomic E-state index is 11.1. The molecule has 0 aromatic heterocycles. The molecule has 0 fully saturated rings. The lowest BCUT2D eigenvalue weighted by Gasteiger charge is -1.89. The van der Waals surface area contributed by atoms with Crippen LogP contribution in [0.25, 0.3) is 0 Å². The fourth-order valence-electron chi connectivity index (χ4n) is 0. The van der Waals surface area contributed by atoms with E-state index < -0.39 is 6.36 Å². The highest BCUT2D eigenvalue weighted by Crippen LogP contribution is 1.84. The summed E-state index contributed by atoms with van der Waals surface area (Å²) >= 11 is 0. The zero-order valence-corrected chi connectivity index (χ0v) is 2.94. The molecule has 0 aromatic carbocycles. The Morgan fingerprint density at radius 2 is 2.20 bits per heavy atom. The van der Waals surface area contributed by atoms with Crippen LogP contribution in [0.4, 0.5) is 4.39 Å². The van der Waals surface area contributed by atoms with Crippen molar-refractivity contribution < 1.29 is 9.13 Å². The average Bonchev–Trinajstić information content (AvgIpc) is 1.38. The molecule has 0 aliphatic rings. The van der Waals surface area contributed by atoms with E-state index in [1.165, 1.54) is 6.92 Å². The van der Waals surface area contributed by atoms with Crippen molar-refractivity contribution in [3.8, 4) is 0 Å². The molecule has 0 N–H and O–H groups in total. The molecule has 0 aliphatic carbocycles. The summed E-state index contributed by atoms with van der Waals surface area (Å²) in [5.74, 6) is 0. The van der Waals surface area contributed by atoms with Gasteiger partial charge in [-0.2, -0.15) is 0 Å². The molecule has 0 saturated heterocycles. The van der Waals surface area contributed by atoms with Gasteiger partial charge in [-0.3, -0.25) is 0 Å². The van der Waals surface area contributed by atoms with Crippen LogP contribution in [0.15, 0.2) is 0 Å². The number of halogens is 1. The Bertz CT molecular complexity index is 20.9. The molecule has 0 bridgehead atoms. The van der Waals surface area contributed by atoms with Gasteiger partial charge in [-0.15, -0.1) is 0 Å². The Kier molecular flexibility index (Phi) is 2.10. The van der Waals surface area contributed by atoms with E-state index in [1.54, 1.807) is 0 Å². The molecule has 0 amide bonds. The predicted octanol–water partition coefficient (Wildman–Crippen LogP) is 0.987. The third-order valence-corrected chi connectivity index (χ3v) is 0.188. The summed E-state index contributed by atoms with van der Waals surface area (Å²) in [6.07, 6.45) is -1.34. The van der Waals surface area contributed by atoms with Gasteiger partial charge in [0.1, 0.15) is 7.11 Å². The zero-order chi connectivity index (χ0) is 4.28. The van der Waals surface area contributed by atoms with E-state index in [2.05, 4.69) is 11.8 Å². The molecular formula is C3H5FO. The normalized spacial score (nSPS) is 15.0. The largest absolute Gasteiger partial charge is 0.339 e. The lowest BCUT2D eigenvalue weighted by Crippen LogP contribution is -1.89. The molecule has 0 heterocycles. The van der Waals surface area contributed by atoms with Gasteiger partial charge in [0, 0.05) is 0 Å². The maximum atomic E-state index is 11.1. The second kappa shape index (κ2) is 2.15. The highest BCUT2D eigenvalue weighted by molar-refractivity contribution is 4.16. The molecule has 5 heavy (non-hydrogen) atoms. The minimum Gasteiger partial charge on any atom is -0.339 e. The highest BCUT2D eigenvalue weighted by atomic mass is 19.1. The Labute approximate surface area is 30.7 Å². The van der Waals surface area contributed by atoms with E-state index in [1.807, 2.05) is 0 Å². The van der Waals surface area contributed by atoms with Gasteiger partial charge in [-0.25, -0.2) is 4.39 Å².